The van der Waals surface area contributed by atoms with E-state index in [1.54, 1.807) is 5.48 Å². The maximum absolute atomic E-state index is 10.7. The standard InChI is InChI=1S/C5H8BrNO2/c6-5(2-1-3-5)4(8)7-9/h9H,1-3H2,(H,7,8). The number of alkyl halides is 1. The van der Waals surface area contributed by atoms with Gasteiger partial charge in [0, 0.05) is 0 Å². The largest absolute Gasteiger partial charge is 0.289 e. The normalized spacial score (nSPS) is 22.4. The van der Waals surface area contributed by atoms with Gasteiger partial charge in [0.1, 0.15) is 4.32 Å². The van der Waals surface area contributed by atoms with E-state index in [2.05, 4.69) is 15.9 Å². The van der Waals surface area contributed by atoms with E-state index < -0.39 is 4.32 Å². The lowest BCUT2D eigenvalue weighted by atomic mass is 9.85. The van der Waals surface area contributed by atoms with Gasteiger partial charge in [0.25, 0.3) is 5.91 Å². The van der Waals surface area contributed by atoms with Crippen LogP contribution in [0.5, 0.6) is 0 Å². The summed E-state index contributed by atoms with van der Waals surface area (Å²) >= 11 is 3.22. The third-order valence-corrected chi connectivity index (χ3v) is 2.81. The lowest BCUT2D eigenvalue weighted by molar-refractivity contribution is -0.133. The second-order valence-electron chi connectivity index (χ2n) is 2.26. The fourth-order valence-electron chi connectivity index (χ4n) is 0.814. The summed E-state index contributed by atoms with van der Waals surface area (Å²) in [5, 5.41) is 8.21. The van der Waals surface area contributed by atoms with Crippen molar-refractivity contribution in [2.45, 2.75) is 23.6 Å². The molecule has 1 aliphatic rings. The van der Waals surface area contributed by atoms with Crippen molar-refractivity contribution in [3.63, 3.8) is 0 Å². The molecule has 0 bridgehead atoms. The molecule has 4 heteroatoms. The first-order chi connectivity index (χ1) is 4.19. The van der Waals surface area contributed by atoms with Crippen LogP contribution in [0.15, 0.2) is 0 Å². The van der Waals surface area contributed by atoms with Gasteiger partial charge in [-0.1, -0.05) is 15.9 Å². The Labute approximate surface area is 61.5 Å². The molecule has 1 rings (SSSR count). The highest BCUT2D eigenvalue weighted by molar-refractivity contribution is 9.10. The third-order valence-electron chi connectivity index (χ3n) is 1.65. The predicted octanol–water partition coefficient (Wildman–Crippen LogP) is 0.809. The van der Waals surface area contributed by atoms with E-state index >= 15 is 0 Å². The summed E-state index contributed by atoms with van der Waals surface area (Å²) in [5.41, 5.74) is 1.62. The van der Waals surface area contributed by atoms with Gasteiger partial charge in [-0.25, -0.2) is 5.48 Å². The van der Waals surface area contributed by atoms with Crippen LogP contribution < -0.4 is 5.48 Å². The van der Waals surface area contributed by atoms with Crippen LogP contribution in [0, 0.1) is 0 Å². The molecule has 52 valence electrons. The molecule has 0 saturated heterocycles. The molecule has 1 aliphatic carbocycles. The van der Waals surface area contributed by atoms with Gasteiger partial charge < -0.3 is 0 Å². The van der Waals surface area contributed by atoms with Crippen molar-refractivity contribution >= 4 is 21.8 Å². The number of halogens is 1. The van der Waals surface area contributed by atoms with E-state index in [0.717, 1.165) is 19.3 Å². The van der Waals surface area contributed by atoms with Gasteiger partial charge in [-0.3, -0.25) is 10.0 Å². The van der Waals surface area contributed by atoms with E-state index in [-0.39, 0.29) is 5.91 Å². The molecule has 0 atom stereocenters. The third kappa shape index (κ3) is 1.09. The second-order valence-corrected chi connectivity index (χ2v) is 3.78. The van der Waals surface area contributed by atoms with Gasteiger partial charge in [-0.15, -0.1) is 0 Å². The van der Waals surface area contributed by atoms with Crippen LogP contribution in [-0.4, -0.2) is 15.4 Å². The number of amides is 1. The molecule has 0 aromatic heterocycles. The first-order valence-corrected chi connectivity index (χ1v) is 3.62. The Morgan fingerprint density at radius 1 is 1.67 bits per heavy atom. The lowest BCUT2D eigenvalue weighted by Crippen LogP contribution is -2.45. The van der Waals surface area contributed by atoms with Crippen molar-refractivity contribution in [1.29, 1.82) is 0 Å². The minimum absolute atomic E-state index is 0.325. The molecule has 0 heterocycles. The Kier molecular flexibility index (Phi) is 1.77. The molecule has 0 unspecified atom stereocenters. The minimum Gasteiger partial charge on any atom is -0.289 e. The maximum atomic E-state index is 10.7. The first kappa shape index (κ1) is 7.02. The van der Waals surface area contributed by atoms with E-state index in [9.17, 15) is 4.79 Å². The number of rotatable bonds is 1. The monoisotopic (exact) mass is 193 g/mol. The van der Waals surface area contributed by atoms with E-state index in [1.165, 1.54) is 0 Å². The molecular weight excluding hydrogens is 186 g/mol. The van der Waals surface area contributed by atoms with Gasteiger partial charge in [0.2, 0.25) is 0 Å². The molecule has 0 radical (unpaired) electrons. The fraction of sp³-hybridized carbons (Fsp3) is 0.800. The molecule has 1 saturated carbocycles. The SMILES string of the molecule is O=C(NO)C1(Br)CCC1. The quantitative estimate of drug-likeness (QED) is 0.368. The second kappa shape index (κ2) is 2.27. The van der Waals surface area contributed by atoms with Gasteiger partial charge >= 0.3 is 0 Å². The van der Waals surface area contributed by atoms with Crippen molar-refractivity contribution in [1.82, 2.24) is 5.48 Å². The van der Waals surface area contributed by atoms with Gasteiger partial charge in [-0.05, 0) is 19.3 Å². The molecule has 0 aliphatic heterocycles. The zero-order valence-corrected chi connectivity index (χ0v) is 6.44. The first-order valence-electron chi connectivity index (χ1n) is 2.82. The van der Waals surface area contributed by atoms with Crippen LogP contribution in [0.3, 0.4) is 0 Å². The van der Waals surface area contributed by atoms with Crippen LogP contribution in [0.1, 0.15) is 19.3 Å². The average molecular weight is 194 g/mol. The van der Waals surface area contributed by atoms with Crippen molar-refractivity contribution < 1.29 is 10.0 Å². The summed E-state index contributed by atoms with van der Waals surface area (Å²) in [4.78, 5) is 10.7. The van der Waals surface area contributed by atoms with Crippen LogP contribution in [0.25, 0.3) is 0 Å². The molecule has 0 aromatic carbocycles. The fourth-order valence-corrected chi connectivity index (χ4v) is 1.46. The van der Waals surface area contributed by atoms with Crippen LogP contribution in [0.4, 0.5) is 0 Å². The van der Waals surface area contributed by atoms with Gasteiger partial charge in [0.15, 0.2) is 0 Å². The highest BCUT2D eigenvalue weighted by atomic mass is 79.9. The minimum atomic E-state index is -0.457. The Morgan fingerprint density at radius 3 is 2.33 bits per heavy atom. The van der Waals surface area contributed by atoms with Gasteiger partial charge in [0.05, 0.1) is 0 Å². The lowest BCUT2D eigenvalue weighted by Gasteiger charge is -2.33. The summed E-state index contributed by atoms with van der Waals surface area (Å²) in [6.45, 7) is 0. The molecule has 0 spiro atoms. The number of hydroxylamine groups is 1. The Balaban J connectivity index is 2.49. The molecular formula is C5H8BrNO2. The molecule has 9 heavy (non-hydrogen) atoms. The van der Waals surface area contributed by atoms with Gasteiger partial charge in [-0.2, -0.15) is 0 Å². The van der Waals surface area contributed by atoms with Crippen LogP contribution in [0.2, 0.25) is 0 Å². The number of carbonyl (C=O) groups is 1. The molecule has 0 aromatic rings. The van der Waals surface area contributed by atoms with E-state index in [4.69, 9.17) is 5.21 Å². The van der Waals surface area contributed by atoms with Crippen molar-refractivity contribution in [3.05, 3.63) is 0 Å². The number of nitrogens with one attached hydrogen (secondary N) is 1. The summed E-state index contributed by atoms with van der Waals surface area (Å²) in [5.74, 6) is -0.325. The number of hydrogen-bond donors (Lipinski definition) is 2. The predicted molar refractivity (Wildman–Crippen MR) is 35.4 cm³/mol. The summed E-state index contributed by atoms with van der Waals surface area (Å²) in [6, 6.07) is 0. The van der Waals surface area contributed by atoms with E-state index in [0.29, 0.717) is 0 Å². The molecule has 1 fully saturated rings. The zero-order valence-electron chi connectivity index (χ0n) is 4.85. The van der Waals surface area contributed by atoms with Crippen molar-refractivity contribution in [2.75, 3.05) is 0 Å². The highest BCUT2D eigenvalue weighted by Crippen LogP contribution is 2.39. The zero-order chi connectivity index (χ0) is 6.91. The maximum Gasteiger partial charge on any atom is 0.260 e. The number of hydrogen-bond acceptors (Lipinski definition) is 2. The Hall–Kier alpha value is -0.0900. The summed E-state index contributed by atoms with van der Waals surface area (Å²) in [6.07, 6.45) is 2.69. The van der Waals surface area contributed by atoms with Crippen LogP contribution in [-0.2, 0) is 4.79 Å². The van der Waals surface area contributed by atoms with E-state index in [1.807, 2.05) is 0 Å². The Bertz CT molecular complexity index is 133. The topological polar surface area (TPSA) is 49.3 Å². The van der Waals surface area contributed by atoms with Crippen molar-refractivity contribution in [2.24, 2.45) is 0 Å². The Morgan fingerprint density at radius 2 is 2.22 bits per heavy atom. The smallest absolute Gasteiger partial charge is 0.260 e. The van der Waals surface area contributed by atoms with Crippen LogP contribution >= 0.6 is 15.9 Å². The molecule has 2 N–H and O–H groups in total. The summed E-state index contributed by atoms with van der Waals surface area (Å²) in [7, 11) is 0. The molecule has 3 nitrogen and oxygen atoms in total. The highest BCUT2D eigenvalue weighted by Gasteiger charge is 2.41. The average Bonchev–Trinajstić information content (AvgIpc) is 1.81. The molecule has 1 amide bonds. The number of carbonyl (C=O) groups excluding carboxylic acids is 1. The summed E-state index contributed by atoms with van der Waals surface area (Å²) < 4.78 is -0.457. The van der Waals surface area contributed by atoms with Crippen molar-refractivity contribution in [3.8, 4) is 0 Å².